The highest BCUT2D eigenvalue weighted by Gasteiger charge is 2.12. The summed E-state index contributed by atoms with van der Waals surface area (Å²) in [4.78, 5) is 6.45. The third kappa shape index (κ3) is 6.03. The molecule has 4 nitrogen and oxygen atoms in total. The molecule has 0 aliphatic carbocycles. The van der Waals surface area contributed by atoms with E-state index in [0.717, 1.165) is 18.7 Å². The van der Waals surface area contributed by atoms with Crippen molar-refractivity contribution in [2.24, 2.45) is 5.92 Å². The van der Waals surface area contributed by atoms with Gasteiger partial charge in [-0.25, -0.2) is 4.98 Å². The Hall–Kier alpha value is -1.13. The standard InChI is InChI=1S/C15H27N3O/c1-12(2)9-14(11-18(3)4)17-10-13-7-6-8-16-15(13)19-5/h6-8,12,14,17H,9-11H2,1-5H3. The Morgan fingerprint density at radius 1 is 1.37 bits per heavy atom. The van der Waals surface area contributed by atoms with Crippen molar-refractivity contribution < 1.29 is 4.74 Å². The molecule has 0 saturated carbocycles. The van der Waals surface area contributed by atoms with Gasteiger partial charge in [-0.15, -0.1) is 0 Å². The van der Waals surface area contributed by atoms with Gasteiger partial charge in [-0.2, -0.15) is 0 Å². The van der Waals surface area contributed by atoms with Gasteiger partial charge in [-0.1, -0.05) is 19.9 Å². The van der Waals surface area contributed by atoms with Gasteiger partial charge in [-0.3, -0.25) is 0 Å². The van der Waals surface area contributed by atoms with Crippen LogP contribution < -0.4 is 10.1 Å². The first-order valence-electron chi connectivity index (χ1n) is 6.89. The summed E-state index contributed by atoms with van der Waals surface area (Å²) in [7, 11) is 5.89. The molecular formula is C15H27N3O. The number of likely N-dealkylation sites (N-methyl/N-ethyl adjacent to an activating group) is 1. The monoisotopic (exact) mass is 265 g/mol. The van der Waals surface area contributed by atoms with Crippen LogP contribution in [0.1, 0.15) is 25.8 Å². The van der Waals surface area contributed by atoms with E-state index in [0.29, 0.717) is 17.8 Å². The van der Waals surface area contributed by atoms with E-state index in [4.69, 9.17) is 4.74 Å². The molecule has 0 spiro atoms. The van der Waals surface area contributed by atoms with Gasteiger partial charge in [0.15, 0.2) is 0 Å². The lowest BCUT2D eigenvalue weighted by Crippen LogP contribution is -2.38. The summed E-state index contributed by atoms with van der Waals surface area (Å²) in [5.41, 5.74) is 1.11. The van der Waals surface area contributed by atoms with Crippen molar-refractivity contribution in [2.45, 2.75) is 32.9 Å². The quantitative estimate of drug-likeness (QED) is 0.781. The summed E-state index contributed by atoms with van der Waals surface area (Å²) >= 11 is 0. The number of nitrogens with zero attached hydrogens (tertiary/aromatic N) is 2. The third-order valence-corrected chi connectivity index (χ3v) is 2.97. The molecular weight excluding hydrogens is 238 g/mol. The molecule has 19 heavy (non-hydrogen) atoms. The van der Waals surface area contributed by atoms with Crippen molar-refractivity contribution in [3.05, 3.63) is 23.9 Å². The van der Waals surface area contributed by atoms with Gasteiger partial charge in [0.2, 0.25) is 5.88 Å². The molecule has 0 bridgehead atoms. The smallest absolute Gasteiger partial charge is 0.217 e. The first-order chi connectivity index (χ1) is 9.02. The zero-order valence-electron chi connectivity index (χ0n) is 12.8. The summed E-state index contributed by atoms with van der Waals surface area (Å²) in [6.45, 7) is 6.35. The number of rotatable bonds is 8. The van der Waals surface area contributed by atoms with Crippen LogP contribution in [0.15, 0.2) is 18.3 Å². The molecule has 0 radical (unpaired) electrons. The molecule has 0 aliphatic rings. The van der Waals surface area contributed by atoms with Gasteiger partial charge in [0.25, 0.3) is 0 Å². The molecule has 0 saturated heterocycles. The number of hydrogen-bond donors (Lipinski definition) is 1. The average molecular weight is 265 g/mol. The van der Waals surface area contributed by atoms with Crippen LogP contribution >= 0.6 is 0 Å². The summed E-state index contributed by atoms with van der Waals surface area (Å²) in [6, 6.07) is 4.49. The van der Waals surface area contributed by atoms with Gasteiger partial charge >= 0.3 is 0 Å². The topological polar surface area (TPSA) is 37.4 Å². The van der Waals surface area contributed by atoms with Crippen molar-refractivity contribution in [3.8, 4) is 5.88 Å². The van der Waals surface area contributed by atoms with Crippen LogP contribution in [0.5, 0.6) is 5.88 Å². The maximum Gasteiger partial charge on any atom is 0.217 e. The number of ether oxygens (including phenoxy) is 1. The maximum atomic E-state index is 5.28. The minimum atomic E-state index is 0.486. The van der Waals surface area contributed by atoms with Crippen molar-refractivity contribution in [2.75, 3.05) is 27.7 Å². The molecule has 1 rings (SSSR count). The number of pyridine rings is 1. The molecule has 0 aliphatic heterocycles. The summed E-state index contributed by atoms with van der Waals surface area (Å²) in [5.74, 6) is 1.40. The molecule has 1 unspecified atom stereocenters. The predicted octanol–water partition coefficient (Wildman–Crippen LogP) is 2.16. The fourth-order valence-corrected chi connectivity index (χ4v) is 2.23. The highest BCUT2D eigenvalue weighted by molar-refractivity contribution is 5.25. The highest BCUT2D eigenvalue weighted by atomic mass is 16.5. The van der Waals surface area contributed by atoms with E-state index < -0.39 is 0 Å². The molecule has 1 N–H and O–H groups in total. The van der Waals surface area contributed by atoms with Crippen LogP contribution in [0, 0.1) is 5.92 Å². The zero-order chi connectivity index (χ0) is 14.3. The lowest BCUT2D eigenvalue weighted by atomic mass is 10.0. The molecule has 1 heterocycles. The van der Waals surface area contributed by atoms with Gasteiger partial charge in [0.1, 0.15) is 0 Å². The largest absolute Gasteiger partial charge is 0.481 e. The molecule has 1 aromatic rings. The van der Waals surface area contributed by atoms with Crippen LogP contribution in [0.25, 0.3) is 0 Å². The highest BCUT2D eigenvalue weighted by Crippen LogP contribution is 2.14. The van der Waals surface area contributed by atoms with Crippen molar-refractivity contribution >= 4 is 0 Å². The van der Waals surface area contributed by atoms with E-state index >= 15 is 0 Å². The third-order valence-electron chi connectivity index (χ3n) is 2.97. The zero-order valence-corrected chi connectivity index (χ0v) is 12.8. The van der Waals surface area contributed by atoms with E-state index in [1.54, 1.807) is 13.3 Å². The average Bonchev–Trinajstić information content (AvgIpc) is 2.35. The van der Waals surface area contributed by atoms with Crippen LogP contribution in [0.4, 0.5) is 0 Å². The first kappa shape index (κ1) is 15.9. The van der Waals surface area contributed by atoms with Crippen molar-refractivity contribution in [1.82, 2.24) is 15.2 Å². The molecule has 0 fully saturated rings. The number of methoxy groups -OCH3 is 1. The van der Waals surface area contributed by atoms with Crippen LogP contribution in [0.3, 0.4) is 0 Å². The SMILES string of the molecule is COc1ncccc1CNC(CC(C)C)CN(C)C. The fraction of sp³-hybridized carbons (Fsp3) is 0.667. The van der Waals surface area contributed by atoms with E-state index in [9.17, 15) is 0 Å². The fourth-order valence-electron chi connectivity index (χ4n) is 2.23. The molecule has 0 amide bonds. The Labute approximate surface area is 117 Å². The Kier molecular flexibility index (Phi) is 6.81. The van der Waals surface area contributed by atoms with Crippen LogP contribution in [0.2, 0.25) is 0 Å². The van der Waals surface area contributed by atoms with Crippen molar-refractivity contribution in [1.29, 1.82) is 0 Å². The minimum Gasteiger partial charge on any atom is -0.481 e. The minimum absolute atomic E-state index is 0.486. The number of aromatic nitrogens is 1. The first-order valence-corrected chi connectivity index (χ1v) is 6.89. The second kappa shape index (κ2) is 8.12. The maximum absolute atomic E-state index is 5.28. The second-order valence-electron chi connectivity index (χ2n) is 5.64. The van der Waals surface area contributed by atoms with Crippen molar-refractivity contribution in [3.63, 3.8) is 0 Å². The lowest BCUT2D eigenvalue weighted by molar-refractivity contribution is 0.303. The molecule has 4 heteroatoms. The lowest BCUT2D eigenvalue weighted by Gasteiger charge is -2.24. The van der Waals surface area contributed by atoms with Gasteiger partial charge in [-0.05, 0) is 32.5 Å². The Morgan fingerprint density at radius 2 is 2.11 bits per heavy atom. The molecule has 1 atom stereocenters. The second-order valence-corrected chi connectivity index (χ2v) is 5.64. The van der Waals surface area contributed by atoms with E-state index in [1.165, 1.54) is 6.42 Å². The van der Waals surface area contributed by atoms with Gasteiger partial charge in [0.05, 0.1) is 7.11 Å². The summed E-state index contributed by atoms with van der Waals surface area (Å²) in [6.07, 6.45) is 2.93. The van der Waals surface area contributed by atoms with Gasteiger partial charge < -0.3 is 15.0 Å². The van der Waals surface area contributed by atoms with E-state index in [1.807, 2.05) is 6.07 Å². The number of nitrogens with one attached hydrogen (secondary N) is 1. The van der Waals surface area contributed by atoms with Crippen LogP contribution in [-0.4, -0.2) is 43.7 Å². The van der Waals surface area contributed by atoms with E-state index in [-0.39, 0.29) is 0 Å². The summed E-state index contributed by atoms with van der Waals surface area (Å²) in [5, 5.41) is 3.61. The predicted molar refractivity (Wildman–Crippen MR) is 79.4 cm³/mol. The normalized spacial score (nSPS) is 13.0. The van der Waals surface area contributed by atoms with Gasteiger partial charge in [0, 0.05) is 30.9 Å². The Bertz CT molecular complexity index is 356. The van der Waals surface area contributed by atoms with E-state index in [2.05, 4.69) is 49.2 Å². The Balaban J connectivity index is 2.59. The summed E-state index contributed by atoms with van der Waals surface area (Å²) < 4.78 is 5.28. The molecule has 108 valence electrons. The number of hydrogen-bond acceptors (Lipinski definition) is 4. The Morgan fingerprint density at radius 3 is 2.68 bits per heavy atom. The molecule has 0 aromatic carbocycles. The molecule has 1 aromatic heterocycles. The van der Waals surface area contributed by atoms with Crippen LogP contribution in [-0.2, 0) is 6.54 Å².